The summed E-state index contributed by atoms with van der Waals surface area (Å²) in [6.45, 7) is 1.06. The Morgan fingerprint density at radius 1 is 1.35 bits per heavy atom. The van der Waals surface area contributed by atoms with Crippen LogP contribution < -0.4 is 10.2 Å². The van der Waals surface area contributed by atoms with Gasteiger partial charge in [0, 0.05) is 33.4 Å². The lowest BCUT2D eigenvalue weighted by Crippen LogP contribution is -2.51. The molecule has 0 spiro atoms. The second-order valence-corrected chi connectivity index (χ2v) is 7.57. The van der Waals surface area contributed by atoms with Crippen molar-refractivity contribution >= 4 is 29.0 Å². The van der Waals surface area contributed by atoms with Crippen LogP contribution in [0.1, 0.15) is 34.5 Å². The zero-order valence-electron chi connectivity index (χ0n) is 15.1. The maximum atomic E-state index is 12.7. The summed E-state index contributed by atoms with van der Waals surface area (Å²) in [5.74, 6) is 0.723. The van der Waals surface area contributed by atoms with Gasteiger partial charge in [-0.3, -0.25) is 9.59 Å². The number of piperidine rings is 1. The first-order valence-corrected chi connectivity index (χ1v) is 9.68. The fraction of sp³-hybridized carbons (Fsp3) is 0.421. The number of pyridine rings is 1. The number of thiophene rings is 1. The molecule has 1 saturated heterocycles. The van der Waals surface area contributed by atoms with Gasteiger partial charge in [-0.1, -0.05) is 6.07 Å². The number of carbonyl (C=O) groups excluding carboxylic acids is 2. The fourth-order valence-electron chi connectivity index (χ4n) is 3.11. The predicted molar refractivity (Wildman–Crippen MR) is 103 cm³/mol. The number of anilines is 1. The molecule has 2 aromatic heterocycles. The van der Waals surface area contributed by atoms with Crippen molar-refractivity contribution in [2.24, 2.45) is 0 Å². The Bertz CT molecular complexity index is 761. The Hall–Kier alpha value is -2.41. The van der Waals surface area contributed by atoms with Gasteiger partial charge in [-0.2, -0.15) is 0 Å². The maximum absolute atomic E-state index is 12.7. The Morgan fingerprint density at radius 3 is 2.92 bits per heavy atom. The average Bonchev–Trinajstić information content (AvgIpc) is 3.20. The highest BCUT2D eigenvalue weighted by Gasteiger charge is 2.32. The number of amides is 2. The van der Waals surface area contributed by atoms with Gasteiger partial charge in [-0.05, 0) is 48.4 Å². The van der Waals surface area contributed by atoms with Crippen LogP contribution in [0.25, 0.3) is 0 Å². The van der Waals surface area contributed by atoms with Crippen molar-refractivity contribution in [1.29, 1.82) is 0 Å². The first kappa shape index (κ1) is 18.4. The Labute approximate surface area is 157 Å². The Balaban J connectivity index is 1.65. The third kappa shape index (κ3) is 4.22. The van der Waals surface area contributed by atoms with Gasteiger partial charge < -0.3 is 15.1 Å². The number of aromatic nitrogens is 1. The fourth-order valence-corrected chi connectivity index (χ4v) is 3.79. The van der Waals surface area contributed by atoms with Crippen LogP contribution in [-0.4, -0.2) is 48.4 Å². The van der Waals surface area contributed by atoms with E-state index in [1.54, 1.807) is 11.1 Å². The van der Waals surface area contributed by atoms with Crippen molar-refractivity contribution in [2.45, 2.75) is 31.8 Å². The van der Waals surface area contributed by atoms with Gasteiger partial charge in [0.25, 0.3) is 5.91 Å². The van der Waals surface area contributed by atoms with E-state index in [0.29, 0.717) is 24.4 Å². The molecule has 0 saturated carbocycles. The maximum Gasteiger partial charge on any atom is 0.264 e. The van der Waals surface area contributed by atoms with Crippen LogP contribution in [0.5, 0.6) is 0 Å². The van der Waals surface area contributed by atoms with Crippen molar-refractivity contribution < 1.29 is 9.59 Å². The molecule has 1 atom stereocenters. The summed E-state index contributed by atoms with van der Waals surface area (Å²) in [7, 11) is 3.86. The van der Waals surface area contributed by atoms with E-state index in [0.717, 1.165) is 24.2 Å². The molecule has 26 heavy (non-hydrogen) atoms. The molecular formula is C19H24N4O2S. The summed E-state index contributed by atoms with van der Waals surface area (Å²) in [5, 5.41) is 4.88. The molecule has 2 aromatic rings. The summed E-state index contributed by atoms with van der Waals surface area (Å²) >= 11 is 1.42. The smallest absolute Gasteiger partial charge is 0.264 e. The number of likely N-dealkylation sites (tertiary alicyclic amines) is 1. The molecule has 1 fully saturated rings. The first-order valence-electron chi connectivity index (χ1n) is 8.80. The van der Waals surface area contributed by atoms with Crippen LogP contribution >= 0.6 is 11.3 Å². The standard InChI is InChI=1S/C19H24N4O2S/c1-22(2)17-12-14(8-9-20-17)13-21-18(24)15-6-3-4-10-23(15)19(25)16-7-5-11-26-16/h5,7-9,11-12,15H,3-4,6,10,13H2,1-2H3,(H,21,24). The molecule has 138 valence electrons. The molecule has 6 nitrogen and oxygen atoms in total. The van der Waals surface area contributed by atoms with E-state index in [1.807, 2.05) is 48.6 Å². The van der Waals surface area contributed by atoms with Gasteiger partial charge in [-0.25, -0.2) is 4.98 Å². The normalized spacial score (nSPS) is 17.0. The molecule has 0 aliphatic carbocycles. The molecule has 0 bridgehead atoms. The van der Waals surface area contributed by atoms with E-state index in [1.165, 1.54) is 11.3 Å². The lowest BCUT2D eigenvalue weighted by atomic mass is 10.0. The third-order valence-corrected chi connectivity index (χ3v) is 5.39. The highest BCUT2D eigenvalue weighted by molar-refractivity contribution is 7.12. The summed E-state index contributed by atoms with van der Waals surface area (Å²) in [6.07, 6.45) is 4.36. The van der Waals surface area contributed by atoms with Gasteiger partial charge in [0.15, 0.2) is 0 Å². The van der Waals surface area contributed by atoms with Crippen molar-refractivity contribution in [3.8, 4) is 0 Å². The van der Waals surface area contributed by atoms with Gasteiger partial charge in [0.05, 0.1) is 4.88 Å². The number of hydrogen-bond acceptors (Lipinski definition) is 5. The molecule has 3 rings (SSSR count). The summed E-state index contributed by atoms with van der Waals surface area (Å²) in [4.78, 5) is 34.1. The molecule has 1 aliphatic heterocycles. The molecule has 0 aromatic carbocycles. The number of nitrogens with zero attached hydrogens (tertiary/aromatic N) is 3. The van der Waals surface area contributed by atoms with E-state index >= 15 is 0 Å². The summed E-state index contributed by atoms with van der Waals surface area (Å²) in [5.41, 5.74) is 0.990. The van der Waals surface area contributed by atoms with Gasteiger partial charge in [0.1, 0.15) is 11.9 Å². The number of carbonyl (C=O) groups is 2. The highest BCUT2D eigenvalue weighted by Crippen LogP contribution is 2.22. The first-order chi connectivity index (χ1) is 12.6. The van der Waals surface area contributed by atoms with Crippen LogP contribution in [0, 0.1) is 0 Å². The van der Waals surface area contributed by atoms with E-state index in [4.69, 9.17) is 0 Å². The van der Waals surface area contributed by atoms with E-state index in [9.17, 15) is 9.59 Å². The average molecular weight is 372 g/mol. The summed E-state index contributed by atoms with van der Waals surface area (Å²) < 4.78 is 0. The second kappa shape index (κ2) is 8.31. The molecule has 3 heterocycles. The van der Waals surface area contributed by atoms with Gasteiger partial charge in [-0.15, -0.1) is 11.3 Å². The zero-order valence-corrected chi connectivity index (χ0v) is 16.0. The summed E-state index contributed by atoms with van der Waals surface area (Å²) in [6, 6.07) is 7.13. The minimum absolute atomic E-state index is 0.0429. The Morgan fingerprint density at radius 2 is 2.19 bits per heavy atom. The lowest BCUT2D eigenvalue weighted by Gasteiger charge is -2.34. The highest BCUT2D eigenvalue weighted by atomic mass is 32.1. The lowest BCUT2D eigenvalue weighted by molar-refractivity contribution is -0.126. The SMILES string of the molecule is CN(C)c1cc(CNC(=O)C2CCCCN2C(=O)c2cccs2)ccn1. The van der Waals surface area contributed by atoms with E-state index in [-0.39, 0.29) is 11.8 Å². The predicted octanol–water partition coefficient (Wildman–Crippen LogP) is 2.52. The molecule has 1 aliphatic rings. The van der Waals surface area contributed by atoms with Crippen LogP contribution in [0.3, 0.4) is 0 Å². The van der Waals surface area contributed by atoms with E-state index in [2.05, 4.69) is 10.3 Å². The molecular weight excluding hydrogens is 348 g/mol. The molecule has 2 amide bonds. The van der Waals surface area contributed by atoms with Crippen LogP contribution in [0.15, 0.2) is 35.8 Å². The largest absolute Gasteiger partial charge is 0.363 e. The van der Waals surface area contributed by atoms with Crippen molar-refractivity contribution in [2.75, 3.05) is 25.5 Å². The zero-order chi connectivity index (χ0) is 18.5. The van der Waals surface area contributed by atoms with Crippen molar-refractivity contribution in [3.63, 3.8) is 0 Å². The molecule has 0 radical (unpaired) electrons. The third-order valence-electron chi connectivity index (χ3n) is 4.53. The number of rotatable bonds is 5. The molecule has 1 unspecified atom stereocenters. The minimum Gasteiger partial charge on any atom is -0.363 e. The van der Waals surface area contributed by atoms with Gasteiger partial charge >= 0.3 is 0 Å². The number of nitrogens with one attached hydrogen (secondary N) is 1. The number of hydrogen-bond donors (Lipinski definition) is 1. The van der Waals surface area contributed by atoms with E-state index < -0.39 is 6.04 Å². The monoisotopic (exact) mass is 372 g/mol. The van der Waals surface area contributed by atoms with Crippen LogP contribution in [-0.2, 0) is 11.3 Å². The Kier molecular flexibility index (Phi) is 5.88. The van der Waals surface area contributed by atoms with Crippen LogP contribution in [0.4, 0.5) is 5.82 Å². The van der Waals surface area contributed by atoms with Crippen LogP contribution in [0.2, 0.25) is 0 Å². The minimum atomic E-state index is -0.395. The van der Waals surface area contributed by atoms with Crippen molar-refractivity contribution in [1.82, 2.24) is 15.2 Å². The van der Waals surface area contributed by atoms with Crippen molar-refractivity contribution in [3.05, 3.63) is 46.3 Å². The second-order valence-electron chi connectivity index (χ2n) is 6.62. The molecule has 7 heteroatoms. The molecule has 1 N–H and O–H groups in total. The quantitative estimate of drug-likeness (QED) is 0.876. The topological polar surface area (TPSA) is 65.5 Å². The van der Waals surface area contributed by atoms with Gasteiger partial charge in [0.2, 0.25) is 5.91 Å².